The van der Waals surface area contributed by atoms with Crippen molar-refractivity contribution in [1.82, 2.24) is 5.32 Å². The predicted octanol–water partition coefficient (Wildman–Crippen LogP) is 0.196. The molecule has 6 heteroatoms. The van der Waals surface area contributed by atoms with Gasteiger partial charge in [0.1, 0.15) is 0 Å². The molecule has 1 heterocycles. The van der Waals surface area contributed by atoms with Crippen molar-refractivity contribution >= 4 is 10.4 Å². The van der Waals surface area contributed by atoms with E-state index in [-0.39, 0.29) is 0 Å². The molecule has 0 spiro atoms. The van der Waals surface area contributed by atoms with Crippen LogP contribution in [0.1, 0.15) is 19.3 Å². The van der Waals surface area contributed by atoms with Crippen LogP contribution in [0.25, 0.3) is 0 Å². The molecule has 0 aliphatic carbocycles. The van der Waals surface area contributed by atoms with Crippen molar-refractivity contribution in [3.05, 3.63) is 0 Å². The number of hydrogen-bond donors (Lipinski definition) is 2. The summed E-state index contributed by atoms with van der Waals surface area (Å²) < 4.78 is 29.7. The van der Waals surface area contributed by atoms with Crippen molar-refractivity contribution in [3.8, 4) is 0 Å². The highest BCUT2D eigenvalue weighted by Gasteiger charge is 1.94. The molecule has 1 aliphatic rings. The van der Waals surface area contributed by atoms with Crippen molar-refractivity contribution in [2.24, 2.45) is 0 Å². The maximum Gasteiger partial charge on any atom is 0.397 e. The second kappa shape index (κ2) is 6.36. The highest BCUT2D eigenvalue weighted by molar-refractivity contribution is 7.80. The first-order valence-corrected chi connectivity index (χ1v) is 5.16. The van der Waals surface area contributed by atoms with E-state index in [0.29, 0.717) is 0 Å². The number of piperidine rings is 1. The summed E-state index contributed by atoms with van der Waals surface area (Å²) in [6.07, 6.45) is 4.22. The van der Waals surface area contributed by atoms with Crippen LogP contribution in [0.4, 0.5) is 0 Å². The van der Waals surface area contributed by atoms with E-state index in [1.54, 1.807) is 0 Å². The summed E-state index contributed by atoms with van der Waals surface area (Å²) in [7, 11) is -3.29. The van der Waals surface area contributed by atoms with Gasteiger partial charge in [0.05, 0.1) is 7.11 Å². The first kappa shape index (κ1) is 11.8. The lowest BCUT2D eigenvalue weighted by Gasteiger charge is -2.08. The smallest absolute Gasteiger partial charge is 0.317 e. The topological polar surface area (TPSA) is 75.6 Å². The summed E-state index contributed by atoms with van der Waals surface area (Å²) in [5, 5.41) is 3.28. The highest BCUT2D eigenvalue weighted by atomic mass is 32.3. The van der Waals surface area contributed by atoms with Crippen LogP contribution in [0.3, 0.4) is 0 Å². The molecule has 12 heavy (non-hydrogen) atoms. The summed E-state index contributed by atoms with van der Waals surface area (Å²) in [4.78, 5) is 0. The monoisotopic (exact) mass is 197 g/mol. The second-order valence-electron chi connectivity index (χ2n) is 2.41. The Balaban J connectivity index is 0.000000202. The van der Waals surface area contributed by atoms with Crippen LogP contribution in [0, 0.1) is 0 Å². The Kier molecular flexibility index (Phi) is 6.27. The minimum Gasteiger partial charge on any atom is -0.317 e. The molecule has 1 rings (SSSR count). The van der Waals surface area contributed by atoms with Crippen molar-refractivity contribution in [3.63, 3.8) is 0 Å². The standard InChI is InChI=1S/C5H11N.CH4O4S/c1-2-4-6-5-3-1;1-5-6(2,3)4/h6H,1-5H2;1H3,(H,2,3,4). The zero-order valence-corrected chi connectivity index (χ0v) is 7.93. The molecule has 0 bridgehead atoms. The molecule has 0 amide bonds. The fraction of sp³-hybridized carbons (Fsp3) is 1.00. The minimum atomic E-state index is -4.16. The first-order valence-electron chi connectivity index (χ1n) is 3.80. The van der Waals surface area contributed by atoms with Gasteiger partial charge in [-0.1, -0.05) is 6.42 Å². The van der Waals surface area contributed by atoms with Crippen LogP contribution in [0.15, 0.2) is 0 Å². The Morgan fingerprint density at radius 2 is 1.67 bits per heavy atom. The summed E-state index contributed by atoms with van der Waals surface area (Å²) in [5.74, 6) is 0. The normalized spacial score (nSPS) is 17.8. The van der Waals surface area contributed by atoms with Gasteiger partial charge in [-0.25, -0.2) is 0 Å². The van der Waals surface area contributed by atoms with E-state index in [1.165, 1.54) is 32.4 Å². The summed E-state index contributed by atoms with van der Waals surface area (Å²) >= 11 is 0. The lowest BCUT2D eigenvalue weighted by molar-refractivity contribution is 0.324. The van der Waals surface area contributed by atoms with Gasteiger partial charge in [0, 0.05) is 0 Å². The molecule has 0 aromatic heterocycles. The van der Waals surface area contributed by atoms with E-state index in [1.807, 2.05) is 0 Å². The Morgan fingerprint density at radius 1 is 1.25 bits per heavy atom. The molecule has 1 fully saturated rings. The Hall–Kier alpha value is -0.170. The van der Waals surface area contributed by atoms with Crippen molar-refractivity contribution in [2.75, 3.05) is 20.2 Å². The van der Waals surface area contributed by atoms with E-state index in [9.17, 15) is 8.42 Å². The van der Waals surface area contributed by atoms with Gasteiger partial charge in [-0.3, -0.25) is 8.74 Å². The summed E-state index contributed by atoms with van der Waals surface area (Å²) in [5.41, 5.74) is 0. The molecule has 0 aromatic carbocycles. The van der Waals surface area contributed by atoms with Gasteiger partial charge >= 0.3 is 10.4 Å². The molecular weight excluding hydrogens is 182 g/mol. The lowest BCUT2D eigenvalue weighted by Crippen LogP contribution is -2.21. The third kappa shape index (κ3) is 9.83. The van der Waals surface area contributed by atoms with Crippen LogP contribution < -0.4 is 5.32 Å². The molecule has 1 saturated heterocycles. The molecule has 0 radical (unpaired) electrons. The average molecular weight is 197 g/mol. The number of hydrogen-bond acceptors (Lipinski definition) is 4. The van der Waals surface area contributed by atoms with E-state index >= 15 is 0 Å². The fourth-order valence-corrected chi connectivity index (χ4v) is 0.802. The van der Waals surface area contributed by atoms with Gasteiger partial charge < -0.3 is 5.32 Å². The molecule has 2 N–H and O–H groups in total. The summed E-state index contributed by atoms with van der Waals surface area (Å²) in [6.45, 7) is 2.50. The zero-order valence-electron chi connectivity index (χ0n) is 7.12. The van der Waals surface area contributed by atoms with E-state index in [2.05, 4.69) is 9.50 Å². The maximum atomic E-state index is 9.33. The molecular formula is C6H15NO4S. The van der Waals surface area contributed by atoms with Crippen molar-refractivity contribution < 1.29 is 17.2 Å². The van der Waals surface area contributed by atoms with Crippen molar-refractivity contribution in [1.29, 1.82) is 0 Å². The van der Waals surface area contributed by atoms with Crippen LogP contribution in [0.2, 0.25) is 0 Å². The lowest BCUT2D eigenvalue weighted by atomic mass is 10.2. The first-order chi connectivity index (χ1) is 5.56. The molecule has 74 valence electrons. The van der Waals surface area contributed by atoms with Gasteiger partial charge in [-0.05, 0) is 25.9 Å². The number of nitrogens with one attached hydrogen (secondary N) is 1. The van der Waals surface area contributed by atoms with Crippen LogP contribution >= 0.6 is 0 Å². The molecule has 0 unspecified atom stereocenters. The van der Waals surface area contributed by atoms with E-state index in [0.717, 1.165) is 7.11 Å². The highest BCUT2D eigenvalue weighted by Crippen LogP contribution is 1.96. The largest absolute Gasteiger partial charge is 0.397 e. The van der Waals surface area contributed by atoms with Gasteiger partial charge in [0.25, 0.3) is 0 Å². The zero-order chi connectivity index (χ0) is 9.45. The third-order valence-electron chi connectivity index (χ3n) is 1.42. The quantitative estimate of drug-likeness (QED) is 0.587. The maximum absolute atomic E-state index is 9.33. The Labute approximate surface area is 73.1 Å². The summed E-state index contributed by atoms with van der Waals surface area (Å²) in [6, 6.07) is 0. The van der Waals surface area contributed by atoms with Gasteiger partial charge in [0.2, 0.25) is 0 Å². The second-order valence-corrected chi connectivity index (χ2v) is 3.59. The van der Waals surface area contributed by atoms with Crippen LogP contribution in [-0.4, -0.2) is 33.2 Å². The van der Waals surface area contributed by atoms with Gasteiger partial charge in [-0.15, -0.1) is 0 Å². The minimum absolute atomic E-state index is 0.870. The SMILES string of the molecule is C1CCNCC1.COS(=O)(=O)O. The Morgan fingerprint density at radius 3 is 1.75 bits per heavy atom. The fourth-order valence-electron chi connectivity index (χ4n) is 0.802. The van der Waals surface area contributed by atoms with E-state index in [4.69, 9.17) is 4.55 Å². The van der Waals surface area contributed by atoms with Crippen LogP contribution in [0.5, 0.6) is 0 Å². The molecule has 0 aromatic rings. The van der Waals surface area contributed by atoms with Gasteiger partial charge in [-0.2, -0.15) is 8.42 Å². The third-order valence-corrected chi connectivity index (χ3v) is 1.84. The van der Waals surface area contributed by atoms with E-state index < -0.39 is 10.4 Å². The number of rotatable bonds is 1. The van der Waals surface area contributed by atoms with Crippen molar-refractivity contribution in [2.45, 2.75) is 19.3 Å². The predicted molar refractivity (Wildman–Crippen MR) is 45.3 cm³/mol. The molecule has 1 aliphatic heterocycles. The molecule has 0 atom stereocenters. The average Bonchev–Trinajstić information content (AvgIpc) is 2.07. The molecule has 0 saturated carbocycles. The Bertz CT molecular complexity index is 174. The molecule has 5 nitrogen and oxygen atoms in total. The van der Waals surface area contributed by atoms with Crippen LogP contribution in [-0.2, 0) is 14.6 Å². The van der Waals surface area contributed by atoms with Gasteiger partial charge in [0.15, 0.2) is 0 Å².